The van der Waals surface area contributed by atoms with Crippen LogP contribution in [0.2, 0.25) is 0 Å². The Hall–Kier alpha value is -2.27. The molecule has 0 aromatic heterocycles. The van der Waals surface area contributed by atoms with Gasteiger partial charge in [-0.15, -0.1) is 0 Å². The molecule has 0 aliphatic carbocycles. The second-order valence-electron chi connectivity index (χ2n) is 5.36. The van der Waals surface area contributed by atoms with Crippen molar-refractivity contribution in [3.05, 3.63) is 71.5 Å². The Labute approximate surface area is 140 Å². The van der Waals surface area contributed by atoms with Crippen LogP contribution in [0.15, 0.2) is 59.7 Å². The van der Waals surface area contributed by atoms with Crippen LogP contribution in [0.3, 0.4) is 0 Å². The molecular formula is C18H18FN3S. The van der Waals surface area contributed by atoms with Crippen molar-refractivity contribution in [2.75, 3.05) is 6.54 Å². The van der Waals surface area contributed by atoms with E-state index in [-0.39, 0.29) is 11.9 Å². The molecule has 3 rings (SSSR count). The largest absolute Gasteiger partial charge is 0.361 e. The highest BCUT2D eigenvalue weighted by atomic mass is 32.1. The van der Waals surface area contributed by atoms with Crippen molar-refractivity contribution in [3.63, 3.8) is 0 Å². The first-order valence-electron chi connectivity index (χ1n) is 7.64. The molecule has 2 aromatic rings. The molecule has 0 fully saturated rings. The standard InChI is InChI=1S/C18H18FN3S/c1-2-20-18(23)22-17(14-8-10-15(19)11-9-14)12-16(21-22)13-6-4-3-5-7-13/h3-11,17H,2,12H2,1H3,(H,20,23). The van der Waals surface area contributed by atoms with Crippen LogP contribution in [0, 0.1) is 5.82 Å². The molecule has 1 atom stereocenters. The first kappa shape index (κ1) is 15.6. The number of nitrogens with zero attached hydrogens (tertiary/aromatic N) is 2. The van der Waals surface area contributed by atoms with Gasteiger partial charge in [0.25, 0.3) is 0 Å². The summed E-state index contributed by atoms with van der Waals surface area (Å²) in [5.74, 6) is -0.239. The fourth-order valence-electron chi connectivity index (χ4n) is 2.68. The molecule has 3 nitrogen and oxygen atoms in total. The van der Waals surface area contributed by atoms with Crippen molar-refractivity contribution in [2.24, 2.45) is 5.10 Å². The quantitative estimate of drug-likeness (QED) is 0.867. The Kier molecular flexibility index (Phi) is 4.67. The van der Waals surface area contributed by atoms with E-state index in [0.29, 0.717) is 5.11 Å². The zero-order chi connectivity index (χ0) is 16.2. The zero-order valence-electron chi connectivity index (χ0n) is 12.9. The highest BCUT2D eigenvalue weighted by Gasteiger charge is 2.31. The lowest BCUT2D eigenvalue weighted by atomic mass is 9.98. The fraction of sp³-hybridized carbons (Fsp3) is 0.222. The van der Waals surface area contributed by atoms with Crippen molar-refractivity contribution in [2.45, 2.75) is 19.4 Å². The van der Waals surface area contributed by atoms with E-state index in [1.165, 1.54) is 12.1 Å². The molecule has 1 heterocycles. The average molecular weight is 327 g/mol. The van der Waals surface area contributed by atoms with Gasteiger partial charge in [-0.1, -0.05) is 42.5 Å². The van der Waals surface area contributed by atoms with Crippen LogP contribution >= 0.6 is 12.2 Å². The van der Waals surface area contributed by atoms with Crippen molar-refractivity contribution >= 4 is 23.0 Å². The van der Waals surface area contributed by atoms with Gasteiger partial charge >= 0.3 is 0 Å². The predicted molar refractivity (Wildman–Crippen MR) is 94.9 cm³/mol. The molecule has 1 aliphatic heterocycles. The van der Waals surface area contributed by atoms with Crippen LogP contribution in [0.25, 0.3) is 0 Å². The zero-order valence-corrected chi connectivity index (χ0v) is 13.7. The molecule has 5 heteroatoms. The van der Waals surface area contributed by atoms with Crippen LogP contribution in [0.5, 0.6) is 0 Å². The molecule has 0 amide bonds. The summed E-state index contributed by atoms with van der Waals surface area (Å²) in [7, 11) is 0. The van der Waals surface area contributed by atoms with E-state index >= 15 is 0 Å². The van der Waals surface area contributed by atoms with Crippen molar-refractivity contribution in [3.8, 4) is 0 Å². The maximum Gasteiger partial charge on any atom is 0.190 e. The van der Waals surface area contributed by atoms with Gasteiger partial charge in [0.1, 0.15) is 5.82 Å². The lowest BCUT2D eigenvalue weighted by molar-refractivity contribution is 0.364. The maximum atomic E-state index is 13.2. The molecule has 1 N–H and O–H groups in total. The van der Waals surface area contributed by atoms with Crippen LogP contribution in [0.4, 0.5) is 4.39 Å². The summed E-state index contributed by atoms with van der Waals surface area (Å²) in [4.78, 5) is 0. The van der Waals surface area contributed by atoms with E-state index in [2.05, 4.69) is 5.32 Å². The highest BCUT2D eigenvalue weighted by Crippen LogP contribution is 2.32. The number of rotatable bonds is 3. The Morgan fingerprint density at radius 1 is 1.22 bits per heavy atom. The molecule has 0 saturated carbocycles. The monoisotopic (exact) mass is 327 g/mol. The van der Waals surface area contributed by atoms with Gasteiger partial charge in [-0.25, -0.2) is 9.40 Å². The van der Waals surface area contributed by atoms with E-state index in [0.717, 1.165) is 29.8 Å². The predicted octanol–water partition coefficient (Wildman–Crippen LogP) is 3.87. The molecule has 0 radical (unpaired) electrons. The highest BCUT2D eigenvalue weighted by molar-refractivity contribution is 7.80. The number of benzene rings is 2. The topological polar surface area (TPSA) is 27.6 Å². The summed E-state index contributed by atoms with van der Waals surface area (Å²) in [6.07, 6.45) is 0.737. The first-order valence-corrected chi connectivity index (χ1v) is 8.05. The average Bonchev–Trinajstić information content (AvgIpc) is 3.02. The Morgan fingerprint density at radius 3 is 2.57 bits per heavy atom. The third-order valence-electron chi connectivity index (χ3n) is 3.81. The van der Waals surface area contributed by atoms with Crippen LogP contribution in [-0.4, -0.2) is 22.4 Å². The van der Waals surface area contributed by atoms with Crippen LogP contribution in [-0.2, 0) is 0 Å². The summed E-state index contributed by atoms with van der Waals surface area (Å²) >= 11 is 5.45. The van der Waals surface area contributed by atoms with Gasteiger partial charge in [-0.2, -0.15) is 5.10 Å². The third kappa shape index (κ3) is 3.40. The van der Waals surface area contributed by atoms with Gasteiger partial charge < -0.3 is 5.32 Å². The Morgan fingerprint density at radius 2 is 1.91 bits per heavy atom. The number of hydrogen-bond acceptors (Lipinski definition) is 2. The normalized spacial score (nSPS) is 17.0. The van der Waals surface area contributed by atoms with Gasteiger partial charge in [0, 0.05) is 13.0 Å². The van der Waals surface area contributed by atoms with E-state index in [4.69, 9.17) is 17.3 Å². The third-order valence-corrected chi connectivity index (χ3v) is 4.14. The molecule has 23 heavy (non-hydrogen) atoms. The number of hydrogen-bond donors (Lipinski definition) is 1. The van der Waals surface area contributed by atoms with Gasteiger partial charge in [-0.05, 0) is 42.4 Å². The lowest BCUT2D eigenvalue weighted by Crippen LogP contribution is -2.36. The van der Waals surface area contributed by atoms with E-state index in [1.54, 1.807) is 12.1 Å². The summed E-state index contributed by atoms with van der Waals surface area (Å²) in [5.41, 5.74) is 3.07. The van der Waals surface area contributed by atoms with Gasteiger partial charge in [-0.3, -0.25) is 0 Å². The van der Waals surface area contributed by atoms with E-state index in [9.17, 15) is 4.39 Å². The van der Waals surface area contributed by atoms with E-state index in [1.807, 2.05) is 42.3 Å². The molecular weight excluding hydrogens is 309 g/mol. The first-order chi connectivity index (χ1) is 11.2. The van der Waals surface area contributed by atoms with Crippen molar-refractivity contribution in [1.29, 1.82) is 0 Å². The van der Waals surface area contributed by atoms with Gasteiger partial charge in [0.15, 0.2) is 5.11 Å². The smallest absolute Gasteiger partial charge is 0.190 e. The Balaban J connectivity index is 1.92. The molecule has 2 aromatic carbocycles. The Bertz CT molecular complexity index is 713. The molecule has 1 unspecified atom stereocenters. The minimum Gasteiger partial charge on any atom is -0.361 e. The lowest BCUT2D eigenvalue weighted by Gasteiger charge is -2.24. The molecule has 118 valence electrons. The number of halogens is 1. The fourth-order valence-corrected chi connectivity index (χ4v) is 2.99. The van der Waals surface area contributed by atoms with Gasteiger partial charge in [0.05, 0.1) is 11.8 Å². The van der Waals surface area contributed by atoms with E-state index < -0.39 is 0 Å². The second-order valence-corrected chi connectivity index (χ2v) is 5.75. The summed E-state index contributed by atoms with van der Waals surface area (Å²) < 4.78 is 13.2. The number of nitrogens with one attached hydrogen (secondary N) is 1. The molecule has 0 saturated heterocycles. The summed E-state index contributed by atoms with van der Waals surface area (Å²) in [6.45, 7) is 2.73. The van der Waals surface area contributed by atoms with Crippen molar-refractivity contribution in [1.82, 2.24) is 10.3 Å². The number of hydrazone groups is 1. The molecule has 0 spiro atoms. The molecule has 1 aliphatic rings. The molecule has 0 bridgehead atoms. The number of thiocarbonyl (C=S) groups is 1. The minimum absolute atomic E-state index is 0.0163. The second kappa shape index (κ2) is 6.87. The van der Waals surface area contributed by atoms with Crippen LogP contribution in [0.1, 0.15) is 30.5 Å². The summed E-state index contributed by atoms with van der Waals surface area (Å²) in [6, 6.07) is 16.6. The summed E-state index contributed by atoms with van der Waals surface area (Å²) in [5, 5.41) is 10.3. The van der Waals surface area contributed by atoms with Gasteiger partial charge in [0.2, 0.25) is 0 Å². The van der Waals surface area contributed by atoms with Crippen molar-refractivity contribution < 1.29 is 4.39 Å². The van der Waals surface area contributed by atoms with Crippen LogP contribution < -0.4 is 5.32 Å². The maximum absolute atomic E-state index is 13.2. The minimum atomic E-state index is -0.239. The SMILES string of the molecule is CCNC(=S)N1N=C(c2ccccc2)CC1c1ccc(F)cc1.